The molecule has 0 fully saturated rings. The van der Waals surface area contributed by atoms with Crippen molar-refractivity contribution in [2.24, 2.45) is 5.92 Å². The van der Waals surface area contributed by atoms with E-state index in [1.807, 2.05) is 13.8 Å². The summed E-state index contributed by atoms with van der Waals surface area (Å²) in [6.45, 7) is 12.1. The Morgan fingerprint density at radius 3 is 2.15 bits per heavy atom. The summed E-state index contributed by atoms with van der Waals surface area (Å²) in [6, 6.07) is 0. The fourth-order valence-electron chi connectivity index (χ4n) is 1.21. The van der Waals surface area contributed by atoms with E-state index < -0.39 is 0 Å². The topological polar surface area (TPSA) is 52.6 Å². The minimum absolute atomic E-state index is 0.0426. The van der Waals surface area contributed by atoms with Crippen LogP contribution in [0.5, 0.6) is 0 Å². The fraction of sp³-hybridized carbons (Fsp3) is 0.750. The highest BCUT2D eigenvalue weighted by Crippen LogP contribution is 2.05. The van der Waals surface area contributed by atoms with Crippen molar-refractivity contribution in [1.29, 1.82) is 0 Å². The molecule has 0 spiro atoms. The normalized spacial score (nSPS) is 10.8. The van der Waals surface area contributed by atoms with E-state index >= 15 is 0 Å². The Balaban J connectivity index is 0. The van der Waals surface area contributed by atoms with E-state index in [1.54, 1.807) is 6.92 Å². The number of rotatable bonds is 9. The van der Waals surface area contributed by atoms with Gasteiger partial charge < -0.3 is 9.47 Å². The van der Waals surface area contributed by atoms with Crippen LogP contribution in [0, 0.1) is 5.92 Å². The van der Waals surface area contributed by atoms with Crippen LogP contribution in [-0.4, -0.2) is 25.2 Å². The summed E-state index contributed by atoms with van der Waals surface area (Å²) in [5.74, 6) is -0.340. The van der Waals surface area contributed by atoms with Gasteiger partial charge in [0.2, 0.25) is 0 Å². The Labute approximate surface area is 123 Å². The second kappa shape index (κ2) is 15.7. The van der Waals surface area contributed by atoms with E-state index in [1.165, 1.54) is 19.3 Å². The first-order valence-electron chi connectivity index (χ1n) is 7.49. The zero-order chi connectivity index (χ0) is 15.8. The summed E-state index contributed by atoms with van der Waals surface area (Å²) in [6.07, 6.45) is 6.65. The second-order valence-electron chi connectivity index (χ2n) is 4.49. The van der Waals surface area contributed by atoms with Crippen molar-refractivity contribution >= 4 is 11.9 Å². The first kappa shape index (κ1) is 21.0. The van der Waals surface area contributed by atoms with Gasteiger partial charge in [-0.05, 0) is 19.8 Å². The number of esters is 2. The van der Waals surface area contributed by atoms with Crippen LogP contribution in [0.3, 0.4) is 0 Å². The Kier molecular flexibility index (Phi) is 16.5. The number of unbranched alkanes of at least 4 members (excludes halogenated alkanes) is 3. The minimum atomic E-state index is -0.359. The van der Waals surface area contributed by atoms with Crippen LogP contribution in [0.15, 0.2) is 12.7 Å². The summed E-state index contributed by atoms with van der Waals surface area (Å²) < 4.78 is 9.54. The maximum absolute atomic E-state index is 11.2. The zero-order valence-corrected chi connectivity index (χ0v) is 13.4. The van der Waals surface area contributed by atoms with Gasteiger partial charge in [-0.25, -0.2) is 4.79 Å². The molecule has 4 heteroatoms. The van der Waals surface area contributed by atoms with Crippen molar-refractivity contribution in [2.75, 3.05) is 13.2 Å². The van der Waals surface area contributed by atoms with Crippen LogP contribution in [0.2, 0.25) is 0 Å². The lowest BCUT2D eigenvalue weighted by Gasteiger charge is -2.08. The molecule has 0 amide bonds. The first-order valence-corrected chi connectivity index (χ1v) is 7.49. The number of carbonyl (C=O) groups is 2. The highest BCUT2D eigenvalue weighted by atomic mass is 16.5. The van der Waals surface area contributed by atoms with Gasteiger partial charge in [-0.3, -0.25) is 4.79 Å². The molecule has 0 radical (unpaired) electrons. The second-order valence-corrected chi connectivity index (χ2v) is 4.49. The molecule has 118 valence electrons. The lowest BCUT2D eigenvalue weighted by Crippen LogP contribution is -2.14. The van der Waals surface area contributed by atoms with Crippen LogP contribution in [0.25, 0.3) is 0 Å². The summed E-state index contributed by atoms with van der Waals surface area (Å²) in [7, 11) is 0. The summed E-state index contributed by atoms with van der Waals surface area (Å²) in [5.41, 5.74) is 0. The van der Waals surface area contributed by atoms with Gasteiger partial charge in [0.1, 0.15) is 0 Å². The molecule has 1 atom stereocenters. The van der Waals surface area contributed by atoms with Gasteiger partial charge in [-0.1, -0.05) is 46.6 Å². The van der Waals surface area contributed by atoms with Crippen LogP contribution >= 0.6 is 0 Å². The lowest BCUT2D eigenvalue weighted by molar-refractivity contribution is -0.148. The van der Waals surface area contributed by atoms with Gasteiger partial charge in [-0.2, -0.15) is 0 Å². The largest absolute Gasteiger partial charge is 0.465 e. The number of ether oxygens (including phenoxy) is 2. The molecular formula is C16H30O4. The van der Waals surface area contributed by atoms with Crippen LogP contribution in [0.1, 0.15) is 59.8 Å². The molecule has 0 aromatic carbocycles. The SMILES string of the molecule is C=CC(=O)OCC.CCCCCCOC(=O)C(C)CC. The molecule has 0 aliphatic carbocycles. The Morgan fingerprint density at radius 2 is 1.75 bits per heavy atom. The first-order chi connectivity index (χ1) is 9.53. The summed E-state index contributed by atoms with van der Waals surface area (Å²) in [5, 5.41) is 0. The zero-order valence-electron chi connectivity index (χ0n) is 13.4. The molecule has 20 heavy (non-hydrogen) atoms. The predicted molar refractivity (Wildman–Crippen MR) is 81.4 cm³/mol. The number of hydrogen-bond acceptors (Lipinski definition) is 4. The molecule has 0 saturated heterocycles. The van der Waals surface area contributed by atoms with Crippen LogP contribution in [0.4, 0.5) is 0 Å². The summed E-state index contributed by atoms with van der Waals surface area (Å²) >= 11 is 0. The van der Waals surface area contributed by atoms with Gasteiger partial charge in [0.25, 0.3) is 0 Å². The van der Waals surface area contributed by atoms with E-state index in [-0.39, 0.29) is 17.9 Å². The number of hydrogen-bond donors (Lipinski definition) is 0. The van der Waals surface area contributed by atoms with Crippen molar-refractivity contribution < 1.29 is 19.1 Å². The van der Waals surface area contributed by atoms with Gasteiger partial charge in [-0.15, -0.1) is 0 Å². The Hall–Kier alpha value is -1.32. The van der Waals surface area contributed by atoms with E-state index in [0.717, 1.165) is 18.9 Å². The molecule has 0 aromatic rings. The quantitative estimate of drug-likeness (QED) is 0.366. The van der Waals surface area contributed by atoms with E-state index in [2.05, 4.69) is 18.2 Å². The smallest absolute Gasteiger partial charge is 0.330 e. The fourth-order valence-corrected chi connectivity index (χ4v) is 1.21. The lowest BCUT2D eigenvalue weighted by atomic mass is 10.1. The molecule has 0 bridgehead atoms. The standard InChI is InChI=1S/C11H22O2.C5H8O2/c1-4-6-7-8-9-13-11(12)10(3)5-2;1-3-5(6)7-4-2/h10H,4-9H2,1-3H3;3H,1,4H2,2H3. The van der Waals surface area contributed by atoms with Crippen LogP contribution in [-0.2, 0) is 19.1 Å². The molecule has 0 aromatic heterocycles. The third-order valence-electron chi connectivity index (χ3n) is 2.71. The van der Waals surface area contributed by atoms with E-state index in [0.29, 0.717) is 13.2 Å². The molecule has 0 heterocycles. The van der Waals surface area contributed by atoms with Gasteiger partial charge in [0.05, 0.1) is 19.1 Å². The Morgan fingerprint density at radius 1 is 1.10 bits per heavy atom. The monoisotopic (exact) mass is 286 g/mol. The van der Waals surface area contributed by atoms with Crippen molar-refractivity contribution in [1.82, 2.24) is 0 Å². The van der Waals surface area contributed by atoms with Gasteiger partial charge in [0.15, 0.2) is 0 Å². The molecule has 0 rings (SSSR count). The molecular weight excluding hydrogens is 256 g/mol. The third-order valence-corrected chi connectivity index (χ3v) is 2.71. The highest BCUT2D eigenvalue weighted by Gasteiger charge is 2.10. The van der Waals surface area contributed by atoms with E-state index in [9.17, 15) is 9.59 Å². The van der Waals surface area contributed by atoms with Gasteiger partial charge in [0, 0.05) is 6.08 Å². The molecule has 0 saturated carbocycles. The highest BCUT2D eigenvalue weighted by molar-refractivity contribution is 5.81. The Bertz CT molecular complexity index is 261. The maximum atomic E-state index is 11.2. The molecule has 4 nitrogen and oxygen atoms in total. The van der Waals surface area contributed by atoms with Crippen molar-refractivity contribution in [3.05, 3.63) is 12.7 Å². The van der Waals surface area contributed by atoms with Gasteiger partial charge >= 0.3 is 11.9 Å². The van der Waals surface area contributed by atoms with Crippen molar-refractivity contribution in [3.63, 3.8) is 0 Å². The minimum Gasteiger partial charge on any atom is -0.465 e. The number of carbonyl (C=O) groups excluding carboxylic acids is 2. The maximum Gasteiger partial charge on any atom is 0.330 e. The third kappa shape index (κ3) is 14.7. The molecule has 1 unspecified atom stereocenters. The van der Waals surface area contributed by atoms with Crippen molar-refractivity contribution in [3.8, 4) is 0 Å². The predicted octanol–water partition coefficient (Wildman–Crippen LogP) is 3.89. The van der Waals surface area contributed by atoms with Crippen molar-refractivity contribution in [2.45, 2.75) is 59.8 Å². The summed E-state index contributed by atoms with van der Waals surface area (Å²) in [4.78, 5) is 21.3. The molecule has 0 aliphatic heterocycles. The molecule has 0 N–H and O–H groups in total. The molecule has 0 aliphatic rings. The van der Waals surface area contributed by atoms with E-state index in [4.69, 9.17) is 4.74 Å². The van der Waals surface area contributed by atoms with Crippen LogP contribution < -0.4 is 0 Å². The average molecular weight is 286 g/mol. The average Bonchev–Trinajstić information content (AvgIpc) is 2.46.